The number of nitrogens with one attached hydrogen (secondary N) is 1. The molecule has 0 spiro atoms. The van der Waals surface area contributed by atoms with Crippen molar-refractivity contribution >= 4 is 33.2 Å². The zero-order valence-electron chi connectivity index (χ0n) is 16.5. The number of sulfonamides is 1. The van der Waals surface area contributed by atoms with Gasteiger partial charge in [0, 0.05) is 13.1 Å². The van der Waals surface area contributed by atoms with Gasteiger partial charge in [0.05, 0.1) is 28.1 Å². The van der Waals surface area contributed by atoms with Gasteiger partial charge in [-0.15, -0.1) is 0 Å². The largest absolute Gasteiger partial charge is 0.494 e. The van der Waals surface area contributed by atoms with E-state index in [0.29, 0.717) is 42.5 Å². The molecule has 1 N–H and O–H groups in total. The smallest absolute Gasteiger partial charge is 0.243 e. The van der Waals surface area contributed by atoms with Crippen LogP contribution in [-0.2, 0) is 14.8 Å². The monoisotopic (exact) mass is 436 g/mol. The molecule has 1 saturated heterocycles. The molecule has 0 bridgehead atoms. The number of piperidine rings is 1. The van der Waals surface area contributed by atoms with E-state index < -0.39 is 15.9 Å². The fourth-order valence-corrected chi connectivity index (χ4v) is 5.21. The SMILES string of the molecule is CCOc1ccc(S(=O)(=O)N2CCC[C@@H](C(=O)Nc3ccccc3Cl)C2)cc1C. The van der Waals surface area contributed by atoms with Gasteiger partial charge in [-0.05, 0) is 62.6 Å². The summed E-state index contributed by atoms with van der Waals surface area (Å²) in [5.41, 5.74) is 1.29. The molecule has 0 aromatic heterocycles. The van der Waals surface area contributed by atoms with Gasteiger partial charge >= 0.3 is 0 Å². The van der Waals surface area contributed by atoms with Crippen LogP contribution in [0, 0.1) is 12.8 Å². The molecule has 1 aliphatic heterocycles. The summed E-state index contributed by atoms with van der Waals surface area (Å²) < 4.78 is 33.1. The zero-order valence-corrected chi connectivity index (χ0v) is 18.1. The summed E-state index contributed by atoms with van der Waals surface area (Å²) in [4.78, 5) is 12.9. The number of para-hydroxylation sites is 1. The molecular formula is C21H25ClN2O4S. The second-order valence-electron chi connectivity index (χ2n) is 7.03. The summed E-state index contributed by atoms with van der Waals surface area (Å²) in [5.74, 6) is 0.0153. The summed E-state index contributed by atoms with van der Waals surface area (Å²) in [7, 11) is -3.69. The van der Waals surface area contributed by atoms with Gasteiger partial charge in [-0.3, -0.25) is 4.79 Å². The van der Waals surface area contributed by atoms with E-state index in [1.165, 1.54) is 4.31 Å². The van der Waals surface area contributed by atoms with Crippen molar-refractivity contribution in [2.24, 2.45) is 5.92 Å². The highest BCUT2D eigenvalue weighted by molar-refractivity contribution is 7.89. The number of hydrogen-bond acceptors (Lipinski definition) is 4. The van der Waals surface area contributed by atoms with Gasteiger partial charge in [0.1, 0.15) is 5.75 Å². The predicted molar refractivity (Wildman–Crippen MR) is 114 cm³/mol. The Balaban J connectivity index is 1.75. The van der Waals surface area contributed by atoms with Crippen molar-refractivity contribution in [2.45, 2.75) is 31.6 Å². The lowest BCUT2D eigenvalue weighted by molar-refractivity contribution is -0.120. The first kappa shape index (κ1) is 21.6. The van der Waals surface area contributed by atoms with E-state index in [9.17, 15) is 13.2 Å². The molecule has 2 aromatic carbocycles. The van der Waals surface area contributed by atoms with Crippen molar-refractivity contribution in [3.8, 4) is 5.75 Å². The fourth-order valence-electron chi connectivity index (χ4n) is 3.42. The first-order valence-corrected chi connectivity index (χ1v) is 11.4. The van der Waals surface area contributed by atoms with Crippen LogP contribution in [0.25, 0.3) is 0 Å². The summed E-state index contributed by atoms with van der Waals surface area (Å²) in [6.45, 7) is 4.75. The lowest BCUT2D eigenvalue weighted by Gasteiger charge is -2.31. The Kier molecular flexibility index (Phi) is 6.82. The molecule has 1 aliphatic rings. The molecule has 0 unspecified atom stereocenters. The number of ether oxygens (including phenoxy) is 1. The van der Waals surface area contributed by atoms with Crippen LogP contribution in [0.1, 0.15) is 25.3 Å². The van der Waals surface area contributed by atoms with Crippen LogP contribution in [-0.4, -0.2) is 38.3 Å². The van der Waals surface area contributed by atoms with Crippen molar-refractivity contribution in [1.82, 2.24) is 4.31 Å². The summed E-state index contributed by atoms with van der Waals surface area (Å²) in [5, 5.41) is 3.26. The average Bonchev–Trinajstić information content (AvgIpc) is 2.71. The van der Waals surface area contributed by atoms with Crippen LogP contribution in [0.2, 0.25) is 5.02 Å². The average molecular weight is 437 g/mol. The van der Waals surface area contributed by atoms with Crippen LogP contribution < -0.4 is 10.1 Å². The van der Waals surface area contributed by atoms with Crippen LogP contribution in [0.5, 0.6) is 5.75 Å². The Morgan fingerprint density at radius 2 is 2.03 bits per heavy atom. The molecule has 0 radical (unpaired) electrons. The van der Waals surface area contributed by atoms with Crippen LogP contribution in [0.15, 0.2) is 47.4 Å². The van der Waals surface area contributed by atoms with E-state index in [4.69, 9.17) is 16.3 Å². The molecule has 6 nitrogen and oxygen atoms in total. The van der Waals surface area contributed by atoms with Crippen molar-refractivity contribution < 1.29 is 17.9 Å². The van der Waals surface area contributed by atoms with Gasteiger partial charge in [0.25, 0.3) is 0 Å². The van der Waals surface area contributed by atoms with Gasteiger partial charge in [-0.1, -0.05) is 23.7 Å². The van der Waals surface area contributed by atoms with Gasteiger partial charge < -0.3 is 10.1 Å². The summed E-state index contributed by atoms with van der Waals surface area (Å²) in [6.07, 6.45) is 1.25. The normalized spacial score (nSPS) is 17.7. The minimum absolute atomic E-state index is 0.144. The molecule has 2 aromatic rings. The number of amides is 1. The molecular weight excluding hydrogens is 412 g/mol. The minimum atomic E-state index is -3.69. The van der Waals surface area contributed by atoms with E-state index >= 15 is 0 Å². The topological polar surface area (TPSA) is 75.7 Å². The number of anilines is 1. The molecule has 1 atom stereocenters. The number of aryl methyl sites for hydroxylation is 1. The molecule has 1 fully saturated rings. The highest BCUT2D eigenvalue weighted by Gasteiger charge is 2.33. The van der Waals surface area contributed by atoms with E-state index in [1.807, 2.05) is 13.8 Å². The third-order valence-corrected chi connectivity index (χ3v) is 7.16. The minimum Gasteiger partial charge on any atom is -0.494 e. The molecule has 3 rings (SSSR count). The van der Waals surface area contributed by atoms with E-state index in [2.05, 4.69) is 5.32 Å². The molecule has 0 saturated carbocycles. The third-order valence-electron chi connectivity index (χ3n) is 4.97. The molecule has 156 valence electrons. The maximum absolute atomic E-state index is 13.1. The number of rotatable bonds is 6. The van der Waals surface area contributed by atoms with Gasteiger partial charge in [-0.2, -0.15) is 4.31 Å². The van der Waals surface area contributed by atoms with E-state index in [-0.39, 0.29) is 17.3 Å². The maximum atomic E-state index is 13.1. The maximum Gasteiger partial charge on any atom is 0.243 e. The van der Waals surface area contributed by atoms with Gasteiger partial charge in [0.2, 0.25) is 15.9 Å². The molecule has 1 heterocycles. The second kappa shape index (κ2) is 9.15. The number of nitrogens with zero attached hydrogens (tertiary/aromatic N) is 1. The Morgan fingerprint density at radius 3 is 2.72 bits per heavy atom. The predicted octanol–water partition coefficient (Wildman–Crippen LogP) is 4.09. The van der Waals surface area contributed by atoms with Crippen molar-refractivity contribution in [3.05, 3.63) is 53.1 Å². The van der Waals surface area contributed by atoms with Crippen LogP contribution in [0.3, 0.4) is 0 Å². The van der Waals surface area contributed by atoms with E-state index in [0.717, 1.165) is 5.56 Å². The number of hydrogen-bond donors (Lipinski definition) is 1. The number of halogens is 1. The highest BCUT2D eigenvalue weighted by Crippen LogP contribution is 2.28. The summed E-state index contributed by atoms with van der Waals surface area (Å²) >= 11 is 6.11. The van der Waals surface area contributed by atoms with Gasteiger partial charge in [0.15, 0.2) is 0 Å². The number of benzene rings is 2. The first-order valence-electron chi connectivity index (χ1n) is 9.62. The van der Waals surface area contributed by atoms with E-state index in [1.54, 1.807) is 42.5 Å². The highest BCUT2D eigenvalue weighted by atomic mass is 35.5. The first-order chi connectivity index (χ1) is 13.8. The second-order valence-corrected chi connectivity index (χ2v) is 9.38. The quantitative estimate of drug-likeness (QED) is 0.740. The lowest BCUT2D eigenvalue weighted by atomic mass is 9.99. The van der Waals surface area contributed by atoms with Crippen molar-refractivity contribution in [2.75, 3.05) is 25.0 Å². The molecule has 8 heteroatoms. The summed E-state index contributed by atoms with van der Waals surface area (Å²) in [6, 6.07) is 11.8. The Labute approximate surface area is 176 Å². The Morgan fingerprint density at radius 1 is 1.28 bits per heavy atom. The van der Waals surface area contributed by atoms with Crippen molar-refractivity contribution in [1.29, 1.82) is 0 Å². The lowest BCUT2D eigenvalue weighted by Crippen LogP contribution is -2.43. The molecule has 29 heavy (non-hydrogen) atoms. The standard InChI is InChI=1S/C21H25ClN2O4S/c1-3-28-20-11-10-17(13-15(20)2)29(26,27)24-12-6-7-16(14-24)21(25)23-19-9-5-4-8-18(19)22/h4-5,8-11,13,16H,3,6-7,12,14H2,1-2H3,(H,23,25)/t16-/m1/s1. The van der Waals surface area contributed by atoms with Crippen LogP contribution in [0.4, 0.5) is 5.69 Å². The Bertz CT molecular complexity index is 994. The van der Waals surface area contributed by atoms with Crippen molar-refractivity contribution in [3.63, 3.8) is 0 Å². The zero-order chi connectivity index (χ0) is 21.0. The third kappa shape index (κ3) is 4.91. The number of carbonyl (C=O) groups is 1. The Hall–Kier alpha value is -2.09. The number of carbonyl (C=O) groups excluding carboxylic acids is 1. The molecule has 1 amide bonds. The van der Waals surface area contributed by atoms with Crippen LogP contribution >= 0.6 is 11.6 Å². The fraction of sp³-hybridized carbons (Fsp3) is 0.381. The van der Waals surface area contributed by atoms with Gasteiger partial charge in [-0.25, -0.2) is 8.42 Å². The molecule has 0 aliphatic carbocycles.